The molecule has 11 N–H and O–H groups in total. The van der Waals surface area contributed by atoms with Crippen LogP contribution in [0.4, 0.5) is 0 Å². The Morgan fingerprint density at radius 1 is 0.651 bits per heavy atom. The standard InChI is InChI=1S/C27H49N7O9/c1-6-18(32-24(39)17(29)13-14(2)3)25(40)30-15(4)22(37)33-19(10-11-21(35)36)26(41)31-16(5)23(38)34-20(27(42)43)9-7-8-12-28/h14-20H,6-13,28-29H2,1-5H3,(H,30,40)(H,31,41)(H,32,39)(H,33,37)(H,34,38)(H,35,36)(H,42,43)/t15-,16-,17-,18-,19-,20-/m0/s1. The molecule has 0 aliphatic carbocycles. The summed E-state index contributed by atoms with van der Waals surface area (Å²) in [6.07, 6.45) is 0.951. The number of aliphatic carboxylic acids is 2. The van der Waals surface area contributed by atoms with Crippen LogP contribution in [-0.4, -0.2) is 94.5 Å². The molecule has 16 heteroatoms. The molecule has 0 fully saturated rings. The fourth-order valence-corrected chi connectivity index (χ4v) is 3.89. The fourth-order valence-electron chi connectivity index (χ4n) is 3.89. The van der Waals surface area contributed by atoms with Crippen LogP contribution in [0.5, 0.6) is 0 Å². The molecular weight excluding hydrogens is 566 g/mol. The van der Waals surface area contributed by atoms with E-state index in [0.29, 0.717) is 25.8 Å². The molecule has 0 radical (unpaired) electrons. The van der Waals surface area contributed by atoms with Gasteiger partial charge in [-0.3, -0.25) is 28.8 Å². The maximum Gasteiger partial charge on any atom is 0.326 e. The Morgan fingerprint density at radius 3 is 1.58 bits per heavy atom. The third-order valence-corrected chi connectivity index (χ3v) is 6.45. The zero-order valence-electron chi connectivity index (χ0n) is 25.6. The van der Waals surface area contributed by atoms with Gasteiger partial charge in [-0.25, -0.2) is 4.79 Å². The number of amides is 5. The Labute approximate surface area is 251 Å². The Bertz CT molecular complexity index is 976. The average Bonchev–Trinajstić information content (AvgIpc) is 2.91. The van der Waals surface area contributed by atoms with Gasteiger partial charge < -0.3 is 48.3 Å². The van der Waals surface area contributed by atoms with Crippen molar-refractivity contribution < 1.29 is 43.8 Å². The number of hydrogen-bond donors (Lipinski definition) is 9. The summed E-state index contributed by atoms with van der Waals surface area (Å²) >= 11 is 0. The summed E-state index contributed by atoms with van der Waals surface area (Å²) in [5, 5.41) is 30.5. The number of hydrogen-bond acceptors (Lipinski definition) is 9. The normalized spacial score (nSPS) is 15.2. The van der Waals surface area contributed by atoms with E-state index in [1.807, 2.05) is 13.8 Å². The highest BCUT2D eigenvalue weighted by Crippen LogP contribution is 2.05. The molecule has 0 bridgehead atoms. The van der Waals surface area contributed by atoms with Crippen molar-refractivity contribution in [3.63, 3.8) is 0 Å². The van der Waals surface area contributed by atoms with Crippen LogP contribution in [0.2, 0.25) is 0 Å². The number of nitrogens with two attached hydrogens (primary N) is 2. The number of rotatable bonds is 21. The summed E-state index contributed by atoms with van der Waals surface area (Å²) in [5.41, 5.74) is 11.3. The van der Waals surface area contributed by atoms with Gasteiger partial charge in [0.15, 0.2) is 0 Å². The highest BCUT2D eigenvalue weighted by Gasteiger charge is 2.30. The van der Waals surface area contributed by atoms with Crippen LogP contribution >= 0.6 is 0 Å². The molecule has 0 spiro atoms. The summed E-state index contributed by atoms with van der Waals surface area (Å²) < 4.78 is 0. The van der Waals surface area contributed by atoms with Crippen molar-refractivity contribution in [2.75, 3.05) is 6.54 Å². The number of nitrogens with one attached hydrogen (secondary N) is 5. The van der Waals surface area contributed by atoms with Crippen molar-refractivity contribution in [2.24, 2.45) is 17.4 Å². The fraction of sp³-hybridized carbons (Fsp3) is 0.741. The van der Waals surface area contributed by atoms with E-state index < -0.39 is 84.1 Å². The average molecular weight is 616 g/mol. The molecule has 5 amide bonds. The van der Waals surface area contributed by atoms with Crippen LogP contribution in [0.25, 0.3) is 0 Å². The highest BCUT2D eigenvalue weighted by molar-refractivity contribution is 5.96. The lowest BCUT2D eigenvalue weighted by Gasteiger charge is -2.25. The predicted octanol–water partition coefficient (Wildman–Crippen LogP) is -1.69. The zero-order chi connectivity index (χ0) is 33.3. The van der Waals surface area contributed by atoms with Crippen LogP contribution < -0.4 is 38.1 Å². The van der Waals surface area contributed by atoms with Crippen LogP contribution in [0.3, 0.4) is 0 Å². The monoisotopic (exact) mass is 615 g/mol. The van der Waals surface area contributed by atoms with Crippen LogP contribution in [0, 0.1) is 5.92 Å². The van der Waals surface area contributed by atoms with Gasteiger partial charge in [0.2, 0.25) is 29.5 Å². The van der Waals surface area contributed by atoms with E-state index in [2.05, 4.69) is 26.6 Å². The maximum atomic E-state index is 12.9. The van der Waals surface area contributed by atoms with E-state index in [1.165, 1.54) is 13.8 Å². The topological polar surface area (TPSA) is 272 Å². The summed E-state index contributed by atoms with van der Waals surface area (Å²) in [6, 6.07) is -6.79. The van der Waals surface area contributed by atoms with E-state index in [0.717, 1.165) is 0 Å². The van der Waals surface area contributed by atoms with E-state index in [4.69, 9.17) is 16.6 Å². The van der Waals surface area contributed by atoms with Gasteiger partial charge in [-0.15, -0.1) is 0 Å². The van der Waals surface area contributed by atoms with E-state index in [1.54, 1.807) is 6.92 Å². The van der Waals surface area contributed by atoms with Crippen molar-refractivity contribution >= 4 is 41.5 Å². The van der Waals surface area contributed by atoms with Gasteiger partial charge in [-0.1, -0.05) is 20.8 Å². The molecule has 0 aromatic heterocycles. The van der Waals surface area contributed by atoms with Crippen molar-refractivity contribution in [3.8, 4) is 0 Å². The van der Waals surface area contributed by atoms with Crippen LogP contribution in [0.1, 0.15) is 79.6 Å². The molecule has 0 saturated carbocycles. The van der Waals surface area contributed by atoms with Crippen molar-refractivity contribution in [1.29, 1.82) is 0 Å². The minimum Gasteiger partial charge on any atom is -0.481 e. The second-order valence-electron chi connectivity index (χ2n) is 10.8. The van der Waals surface area contributed by atoms with Crippen LogP contribution in [-0.2, 0) is 33.6 Å². The zero-order valence-corrected chi connectivity index (χ0v) is 25.6. The quantitative estimate of drug-likeness (QED) is 0.0657. The summed E-state index contributed by atoms with van der Waals surface area (Å²) in [7, 11) is 0. The molecule has 0 aliphatic rings. The highest BCUT2D eigenvalue weighted by atomic mass is 16.4. The number of carboxylic acids is 2. The molecule has 0 unspecified atom stereocenters. The van der Waals surface area contributed by atoms with Crippen molar-refractivity contribution in [3.05, 3.63) is 0 Å². The van der Waals surface area contributed by atoms with E-state index >= 15 is 0 Å². The van der Waals surface area contributed by atoms with Crippen molar-refractivity contribution in [2.45, 2.75) is 116 Å². The Kier molecular flexibility index (Phi) is 18.4. The molecule has 0 rings (SSSR count). The smallest absolute Gasteiger partial charge is 0.326 e. The lowest BCUT2D eigenvalue weighted by Crippen LogP contribution is -2.58. The number of carboxylic acid groups (broad SMARTS) is 2. The number of unbranched alkanes of at least 4 members (excludes halogenated alkanes) is 1. The van der Waals surface area contributed by atoms with Crippen molar-refractivity contribution in [1.82, 2.24) is 26.6 Å². The molecular formula is C27H49N7O9. The third-order valence-electron chi connectivity index (χ3n) is 6.45. The molecule has 0 saturated heterocycles. The maximum absolute atomic E-state index is 12.9. The third kappa shape index (κ3) is 15.9. The largest absolute Gasteiger partial charge is 0.481 e. The molecule has 6 atom stereocenters. The van der Waals surface area contributed by atoms with Gasteiger partial charge in [-0.2, -0.15) is 0 Å². The first-order valence-electron chi connectivity index (χ1n) is 14.5. The molecule has 0 heterocycles. The SMILES string of the molecule is CC[C@H](NC(=O)[C@@H](N)CC(C)C)C(=O)N[C@@H](C)C(=O)N[C@@H](CCC(=O)O)C(=O)N[C@@H](C)C(=O)N[C@@H](CCCCN)C(=O)O. The minimum absolute atomic E-state index is 0.132. The molecule has 16 nitrogen and oxygen atoms in total. The number of carbonyl (C=O) groups excluding carboxylic acids is 5. The first-order chi connectivity index (χ1) is 20.0. The molecule has 0 aromatic rings. The summed E-state index contributed by atoms with van der Waals surface area (Å²) in [4.78, 5) is 86.1. The molecule has 43 heavy (non-hydrogen) atoms. The number of carbonyl (C=O) groups is 7. The first-order valence-corrected chi connectivity index (χ1v) is 14.5. The lowest BCUT2D eigenvalue weighted by molar-refractivity contribution is -0.142. The van der Waals surface area contributed by atoms with E-state index in [9.17, 15) is 38.7 Å². The Hall–Kier alpha value is -3.79. The second-order valence-corrected chi connectivity index (χ2v) is 10.8. The van der Waals surface area contributed by atoms with Gasteiger partial charge in [0.05, 0.1) is 6.04 Å². The summed E-state index contributed by atoms with van der Waals surface area (Å²) in [5.74, 6) is -6.00. The summed E-state index contributed by atoms with van der Waals surface area (Å²) in [6.45, 7) is 8.46. The lowest BCUT2D eigenvalue weighted by atomic mass is 10.0. The molecule has 0 aliphatic heterocycles. The molecule has 0 aromatic carbocycles. The van der Waals surface area contributed by atoms with Gasteiger partial charge in [0.25, 0.3) is 0 Å². The van der Waals surface area contributed by atoms with Gasteiger partial charge >= 0.3 is 11.9 Å². The Balaban J connectivity index is 5.34. The second kappa shape index (κ2) is 20.2. The predicted molar refractivity (Wildman–Crippen MR) is 156 cm³/mol. The van der Waals surface area contributed by atoms with Gasteiger partial charge in [0.1, 0.15) is 30.2 Å². The van der Waals surface area contributed by atoms with Crippen LogP contribution in [0.15, 0.2) is 0 Å². The van der Waals surface area contributed by atoms with Gasteiger partial charge in [-0.05, 0) is 64.8 Å². The minimum atomic E-state index is -1.39. The van der Waals surface area contributed by atoms with Gasteiger partial charge in [0, 0.05) is 6.42 Å². The Morgan fingerprint density at radius 2 is 1.14 bits per heavy atom. The molecule has 246 valence electrons. The van der Waals surface area contributed by atoms with E-state index in [-0.39, 0.29) is 25.2 Å². The first kappa shape index (κ1) is 39.2.